The third-order valence-electron chi connectivity index (χ3n) is 4.78. The van der Waals surface area contributed by atoms with Gasteiger partial charge in [0.15, 0.2) is 0 Å². The van der Waals surface area contributed by atoms with Gasteiger partial charge in [0.25, 0.3) is 0 Å². The molecule has 2 aromatic carbocycles. The van der Waals surface area contributed by atoms with Crippen molar-refractivity contribution in [1.29, 1.82) is 0 Å². The Balaban J connectivity index is 1.74. The van der Waals surface area contributed by atoms with Crippen LogP contribution in [0.3, 0.4) is 0 Å². The lowest BCUT2D eigenvalue weighted by atomic mass is 10.1. The maximum atomic E-state index is 12.8. The minimum atomic E-state index is -0.0999. The number of rotatable bonds is 7. The molecule has 0 saturated carbocycles. The largest absolute Gasteiger partial charge is 0.339 e. The normalized spacial score (nSPS) is 10.6. The van der Waals surface area contributed by atoms with Crippen molar-refractivity contribution in [3.8, 4) is 0 Å². The van der Waals surface area contributed by atoms with Gasteiger partial charge in [0.05, 0.1) is 11.2 Å². The number of para-hydroxylation sites is 1. The fraction of sp³-hybridized carbons (Fsp3) is 0.261. The summed E-state index contributed by atoms with van der Waals surface area (Å²) >= 11 is 0. The molecule has 0 aliphatic heterocycles. The van der Waals surface area contributed by atoms with Gasteiger partial charge in [0, 0.05) is 44.6 Å². The Morgan fingerprint density at radius 3 is 2.43 bits per heavy atom. The first kappa shape index (κ1) is 19.5. The van der Waals surface area contributed by atoms with Gasteiger partial charge in [-0.25, -0.2) is 0 Å². The van der Waals surface area contributed by atoms with Gasteiger partial charge >= 0.3 is 0 Å². The van der Waals surface area contributed by atoms with E-state index >= 15 is 0 Å². The van der Waals surface area contributed by atoms with Crippen LogP contribution in [0.2, 0.25) is 0 Å². The second-order valence-electron chi connectivity index (χ2n) is 6.67. The Morgan fingerprint density at radius 1 is 0.964 bits per heavy atom. The first-order valence-corrected chi connectivity index (χ1v) is 9.53. The van der Waals surface area contributed by atoms with Crippen LogP contribution in [0.15, 0.2) is 66.9 Å². The zero-order chi connectivity index (χ0) is 19.9. The highest BCUT2D eigenvalue weighted by Gasteiger charge is 2.19. The minimum Gasteiger partial charge on any atom is -0.339 e. The molecule has 144 valence electrons. The number of carbonyl (C=O) groups excluding carboxylic acids is 2. The van der Waals surface area contributed by atoms with E-state index in [-0.39, 0.29) is 18.2 Å². The van der Waals surface area contributed by atoms with E-state index in [1.807, 2.05) is 72.5 Å². The Morgan fingerprint density at radius 2 is 1.71 bits per heavy atom. The van der Waals surface area contributed by atoms with Gasteiger partial charge in [-0.15, -0.1) is 0 Å². The van der Waals surface area contributed by atoms with E-state index in [1.165, 1.54) is 6.92 Å². The summed E-state index contributed by atoms with van der Waals surface area (Å²) in [5.74, 6) is -0.0668. The number of amides is 2. The Hall–Kier alpha value is -3.21. The number of anilines is 1. The molecule has 0 unspecified atom stereocenters. The van der Waals surface area contributed by atoms with Gasteiger partial charge in [-0.1, -0.05) is 48.5 Å². The smallest absolute Gasteiger partial charge is 0.224 e. The summed E-state index contributed by atoms with van der Waals surface area (Å²) in [4.78, 5) is 33.0. The van der Waals surface area contributed by atoms with Crippen LogP contribution in [0.25, 0.3) is 10.9 Å². The molecule has 0 bridgehead atoms. The number of pyridine rings is 1. The number of hydrogen-bond donors (Lipinski definition) is 0. The number of hydrogen-bond acceptors (Lipinski definition) is 3. The highest BCUT2D eigenvalue weighted by atomic mass is 16.2. The molecular weight excluding hydrogens is 350 g/mol. The molecule has 0 atom stereocenters. The molecule has 1 aromatic heterocycles. The van der Waals surface area contributed by atoms with Crippen LogP contribution in [0.5, 0.6) is 0 Å². The van der Waals surface area contributed by atoms with E-state index in [4.69, 9.17) is 0 Å². The van der Waals surface area contributed by atoms with E-state index in [2.05, 4.69) is 4.98 Å². The topological polar surface area (TPSA) is 53.5 Å². The third kappa shape index (κ3) is 4.55. The summed E-state index contributed by atoms with van der Waals surface area (Å²) in [5.41, 5.74) is 2.60. The summed E-state index contributed by atoms with van der Waals surface area (Å²) < 4.78 is 0. The molecule has 0 aliphatic carbocycles. The molecule has 3 rings (SSSR count). The van der Waals surface area contributed by atoms with Gasteiger partial charge in [0.2, 0.25) is 11.8 Å². The molecule has 28 heavy (non-hydrogen) atoms. The molecular formula is C23H25N3O2. The average molecular weight is 375 g/mol. The second kappa shape index (κ2) is 9.13. The summed E-state index contributed by atoms with van der Waals surface area (Å²) in [6, 6.07) is 19.5. The highest BCUT2D eigenvalue weighted by molar-refractivity contribution is 6.01. The molecule has 0 fully saturated rings. The molecule has 0 N–H and O–H groups in total. The molecule has 2 amide bonds. The van der Waals surface area contributed by atoms with E-state index in [0.29, 0.717) is 19.6 Å². The first-order chi connectivity index (χ1) is 13.6. The van der Waals surface area contributed by atoms with Crippen LogP contribution in [0, 0.1) is 0 Å². The van der Waals surface area contributed by atoms with Crippen molar-refractivity contribution in [3.63, 3.8) is 0 Å². The van der Waals surface area contributed by atoms with Crippen molar-refractivity contribution in [2.75, 3.05) is 18.0 Å². The van der Waals surface area contributed by atoms with Crippen LogP contribution in [0.1, 0.15) is 25.8 Å². The lowest BCUT2D eigenvalue weighted by Gasteiger charge is -2.25. The molecule has 5 heteroatoms. The molecule has 1 heterocycles. The van der Waals surface area contributed by atoms with Gasteiger partial charge in [-0.2, -0.15) is 0 Å². The van der Waals surface area contributed by atoms with Crippen molar-refractivity contribution >= 4 is 28.4 Å². The average Bonchev–Trinajstić information content (AvgIpc) is 2.72. The summed E-state index contributed by atoms with van der Waals surface area (Å²) in [5, 5.41) is 0.969. The lowest BCUT2D eigenvalue weighted by Crippen LogP contribution is -2.36. The van der Waals surface area contributed by atoms with Crippen molar-refractivity contribution < 1.29 is 9.59 Å². The van der Waals surface area contributed by atoms with Crippen molar-refractivity contribution in [3.05, 3.63) is 72.4 Å². The number of benzene rings is 2. The van der Waals surface area contributed by atoms with Crippen LogP contribution >= 0.6 is 0 Å². The maximum absolute atomic E-state index is 12.8. The maximum Gasteiger partial charge on any atom is 0.224 e. The number of carbonyl (C=O) groups is 2. The molecule has 0 radical (unpaired) electrons. The predicted molar refractivity (Wildman–Crippen MR) is 112 cm³/mol. The van der Waals surface area contributed by atoms with Crippen LogP contribution in [-0.4, -0.2) is 34.8 Å². The predicted octanol–water partition coefficient (Wildman–Crippen LogP) is 4.03. The van der Waals surface area contributed by atoms with Gasteiger partial charge < -0.3 is 9.80 Å². The number of aromatic nitrogens is 1. The fourth-order valence-corrected chi connectivity index (χ4v) is 3.30. The summed E-state index contributed by atoms with van der Waals surface area (Å²) in [6.07, 6.45) is 1.98. The Bertz CT molecular complexity index is 951. The van der Waals surface area contributed by atoms with Crippen LogP contribution in [-0.2, 0) is 16.1 Å². The van der Waals surface area contributed by atoms with Crippen LogP contribution in [0.4, 0.5) is 5.69 Å². The zero-order valence-electron chi connectivity index (χ0n) is 16.3. The van der Waals surface area contributed by atoms with E-state index in [9.17, 15) is 9.59 Å². The van der Waals surface area contributed by atoms with Crippen molar-refractivity contribution in [1.82, 2.24) is 9.88 Å². The SMILES string of the molecule is CCN(Cc1ccccc1)C(=O)CCN(C(C)=O)c1cccc2cccnc12. The zero-order valence-corrected chi connectivity index (χ0v) is 16.3. The number of fused-ring (bicyclic) bond motifs is 1. The van der Waals surface area contributed by atoms with E-state index < -0.39 is 0 Å². The summed E-state index contributed by atoms with van der Waals surface area (Å²) in [6.45, 7) is 5.02. The number of nitrogens with zero attached hydrogens (tertiary/aromatic N) is 3. The Kier molecular flexibility index (Phi) is 6.37. The minimum absolute atomic E-state index is 0.0331. The first-order valence-electron chi connectivity index (χ1n) is 9.53. The third-order valence-corrected chi connectivity index (χ3v) is 4.78. The van der Waals surface area contributed by atoms with E-state index in [0.717, 1.165) is 22.2 Å². The van der Waals surface area contributed by atoms with Gasteiger partial charge in [-0.05, 0) is 24.6 Å². The van der Waals surface area contributed by atoms with Crippen LogP contribution < -0.4 is 4.90 Å². The molecule has 3 aromatic rings. The van der Waals surface area contributed by atoms with Crippen molar-refractivity contribution in [2.24, 2.45) is 0 Å². The molecule has 0 aliphatic rings. The highest BCUT2D eigenvalue weighted by Crippen LogP contribution is 2.25. The monoisotopic (exact) mass is 375 g/mol. The fourth-order valence-electron chi connectivity index (χ4n) is 3.30. The lowest BCUT2D eigenvalue weighted by molar-refractivity contribution is -0.131. The second-order valence-corrected chi connectivity index (χ2v) is 6.67. The molecule has 5 nitrogen and oxygen atoms in total. The van der Waals surface area contributed by atoms with Crippen molar-refractivity contribution in [2.45, 2.75) is 26.8 Å². The molecule has 0 spiro atoms. The van der Waals surface area contributed by atoms with Gasteiger partial charge in [-0.3, -0.25) is 14.6 Å². The van der Waals surface area contributed by atoms with Gasteiger partial charge in [0.1, 0.15) is 0 Å². The standard InChI is InChI=1S/C23H25N3O2/c1-3-25(17-19-9-5-4-6-10-19)22(28)14-16-26(18(2)27)21-13-7-11-20-12-8-15-24-23(20)21/h4-13,15H,3,14,16-17H2,1-2H3. The van der Waals surface area contributed by atoms with E-state index in [1.54, 1.807) is 11.1 Å². The quantitative estimate of drug-likeness (QED) is 0.627. The summed E-state index contributed by atoms with van der Waals surface area (Å²) in [7, 11) is 0. The molecule has 0 saturated heterocycles. The Labute approximate surface area is 165 Å².